The summed E-state index contributed by atoms with van der Waals surface area (Å²) in [6.07, 6.45) is 7.20. The first-order chi connectivity index (χ1) is 16.3. The van der Waals surface area contributed by atoms with Crippen LogP contribution in [0.1, 0.15) is 77.7 Å². The van der Waals surface area contributed by atoms with E-state index in [-0.39, 0.29) is 29.3 Å². The fourth-order valence-electron chi connectivity index (χ4n) is 4.56. The fraction of sp³-hybridized carbons (Fsp3) is 0.517. The second-order valence-electron chi connectivity index (χ2n) is 9.92. The summed E-state index contributed by atoms with van der Waals surface area (Å²) in [5, 5.41) is 6.70. The van der Waals surface area contributed by atoms with E-state index in [0.717, 1.165) is 58.9 Å². The molecule has 0 radical (unpaired) electrons. The van der Waals surface area contributed by atoms with Crippen molar-refractivity contribution in [1.29, 1.82) is 0 Å². The summed E-state index contributed by atoms with van der Waals surface area (Å²) >= 11 is 0. The predicted octanol–water partition coefficient (Wildman–Crippen LogP) is 6.83. The van der Waals surface area contributed by atoms with E-state index in [9.17, 15) is 9.59 Å². The second kappa shape index (κ2) is 12.2. The maximum Gasteiger partial charge on any atom is 0.143 e. The average molecular weight is 465 g/mol. The number of carbonyl (C=O) groups is 2. The van der Waals surface area contributed by atoms with E-state index >= 15 is 0 Å². The number of nitrogens with one attached hydrogen (secondary N) is 1. The molecule has 0 spiro atoms. The van der Waals surface area contributed by atoms with Crippen LogP contribution in [0.4, 0.5) is 5.69 Å². The van der Waals surface area contributed by atoms with Crippen molar-refractivity contribution < 1.29 is 14.0 Å². The lowest BCUT2D eigenvalue weighted by Crippen LogP contribution is -2.24. The molecule has 5 nitrogen and oxygen atoms in total. The largest absolute Gasteiger partial charge is 0.464 e. The predicted molar refractivity (Wildman–Crippen MR) is 141 cm³/mol. The Morgan fingerprint density at radius 3 is 2.50 bits per heavy atom. The molecule has 0 aliphatic rings. The van der Waals surface area contributed by atoms with Crippen molar-refractivity contribution in [1.82, 2.24) is 0 Å². The zero-order valence-electron chi connectivity index (χ0n) is 21.2. The van der Waals surface area contributed by atoms with Crippen LogP contribution in [0, 0.1) is 11.8 Å². The molecule has 2 unspecified atom stereocenters. The van der Waals surface area contributed by atoms with Crippen molar-refractivity contribution >= 4 is 39.0 Å². The number of nitrogens with two attached hydrogens (primary N) is 1. The van der Waals surface area contributed by atoms with Crippen LogP contribution in [0.3, 0.4) is 0 Å². The Kier molecular flexibility index (Phi) is 9.28. The van der Waals surface area contributed by atoms with Gasteiger partial charge in [-0.15, -0.1) is 0 Å². The highest BCUT2D eigenvalue weighted by molar-refractivity contribution is 6.10. The number of Topliss-reactive ketones (excluding diaryl/α,β-unsaturated/α-hetero) is 2. The molecule has 184 valence electrons. The van der Waals surface area contributed by atoms with Crippen LogP contribution in [-0.2, 0) is 9.59 Å². The van der Waals surface area contributed by atoms with E-state index in [1.54, 1.807) is 13.2 Å². The molecule has 3 rings (SSSR count). The number of ketones is 2. The van der Waals surface area contributed by atoms with E-state index < -0.39 is 0 Å². The van der Waals surface area contributed by atoms with Crippen LogP contribution in [-0.4, -0.2) is 24.7 Å². The maximum atomic E-state index is 13.5. The van der Waals surface area contributed by atoms with Gasteiger partial charge in [-0.2, -0.15) is 0 Å². The third-order valence-electron chi connectivity index (χ3n) is 7.00. The van der Waals surface area contributed by atoms with Crippen molar-refractivity contribution in [3.63, 3.8) is 0 Å². The van der Waals surface area contributed by atoms with Gasteiger partial charge in [-0.05, 0) is 67.6 Å². The van der Waals surface area contributed by atoms with Crippen LogP contribution in [0.2, 0.25) is 0 Å². The highest BCUT2D eigenvalue weighted by atomic mass is 16.3. The molecule has 0 bridgehead atoms. The third-order valence-corrected chi connectivity index (χ3v) is 7.00. The summed E-state index contributed by atoms with van der Waals surface area (Å²) in [4.78, 5) is 25.2. The van der Waals surface area contributed by atoms with Gasteiger partial charge in [-0.3, -0.25) is 4.79 Å². The Bertz CT molecular complexity index is 1120. The molecule has 0 saturated heterocycles. The normalized spacial score (nSPS) is 13.5. The molecule has 1 heterocycles. The summed E-state index contributed by atoms with van der Waals surface area (Å²) < 4.78 is 5.92. The van der Waals surface area contributed by atoms with Gasteiger partial charge in [0, 0.05) is 41.4 Å². The van der Waals surface area contributed by atoms with Gasteiger partial charge in [0.15, 0.2) is 0 Å². The molecule has 0 fully saturated rings. The Balaban J connectivity index is 1.91. The van der Waals surface area contributed by atoms with Crippen molar-refractivity contribution in [3.8, 4) is 0 Å². The fourth-order valence-corrected chi connectivity index (χ4v) is 4.56. The number of unbranched alkanes of at least 4 members (excludes halogenated alkanes) is 3. The van der Waals surface area contributed by atoms with E-state index in [2.05, 4.69) is 43.4 Å². The quantitative estimate of drug-likeness (QED) is 0.255. The monoisotopic (exact) mass is 464 g/mol. The molecule has 0 saturated carbocycles. The summed E-state index contributed by atoms with van der Waals surface area (Å²) in [7, 11) is 0. The van der Waals surface area contributed by atoms with E-state index in [1.807, 2.05) is 13.0 Å². The lowest BCUT2D eigenvalue weighted by atomic mass is 9.80. The van der Waals surface area contributed by atoms with Crippen molar-refractivity contribution in [2.24, 2.45) is 17.6 Å². The molecule has 5 heteroatoms. The summed E-state index contributed by atoms with van der Waals surface area (Å²) in [6.45, 7) is 9.41. The number of benzene rings is 2. The lowest BCUT2D eigenvalue weighted by Gasteiger charge is -2.22. The van der Waals surface area contributed by atoms with Gasteiger partial charge in [0.1, 0.15) is 17.1 Å². The number of anilines is 1. The zero-order valence-corrected chi connectivity index (χ0v) is 21.2. The van der Waals surface area contributed by atoms with Crippen molar-refractivity contribution in [2.75, 3.05) is 18.4 Å². The maximum absolute atomic E-state index is 13.5. The Morgan fingerprint density at radius 2 is 1.79 bits per heavy atom. The summed E-state index contributed by atoms with van der Waals surface area (Å²) in [5.41, 5.74) is 8.34. The van der Waals surface area contributed by atoms with Gasteiger partial charge in [0.05, 0.1) is 6.26 Å². The smallest absolute Gasteiger partial charge is 0.143 e. The molecule has 2 aromatic carbocycles. The second-order valence-corrected chi connectivity index (χ2v) is 9.92. The zero-order chi connectivity index (χ0) is 24.7. The van der Waals surface area contributed by atoms with Crippen molar-refractivity contribution in [2.45, 2.75) is 72.1 Å². The molecular weight excluding hydrogens is 424 g/mol. The molecular formula is C29H40N2O3. The number of carbonyl (C=O) groups excluding carboxylic acids is 2. The number of hydrogen-bond acceptors (Lipinski definition) is 5. The van der Waals surface area contributed by atoms with Crippen LogP contribution < -0.4 is 11.1 Å². The Hall–Kier alpha value is -2.66. The standard InChI is InChI=1S/C29H40N2O3/c1-19(2)21(4)29(33)25(12-9-20(3)32)26-18-34-27-14-10-22-17-23(11-13-24(22)28(26)27)31-16-8-6-5-7-15-30/h10-11,13-14,17-19,21,25,31H,5-9,12,15-16,30H2,1-4H3. The van der Waals surface area contributed by atoms with E-state index in [4.69, 9.17) is 10.2 Å². The van der Waals surface area contributed by atoms with Gasteiger partial charge in [0.25, 0.3) is 0 Å². The SMILES string of the molecule is CC(=O)CCC(C(=O)C(C)C(C)C)c1coc2ccc3cc(NCCCCCCN)ccc3c12. The first-order valence-corrected chi connectivity index (χ1v) is 12.7. The van der Waals surface area contributed by atoms with Crippen molar-refractivity contribution in [3.05, 3.63) is 42.2 Å². The minimum atomic E-state index is -0.348. The highest BCUT2D eigenvalue weighted by Gasteiger charge is 2.30. The lowest BCUT2D eigenvalue weighted by molar-refractivity contribution is -0.125. The average Bonchev–Trinajstić information content (AvgIpc) is 3.24. The van der Waals surface area contributed by atoms with Gasteiger partial charge in [0.2, 0.25) is 0 Å². The number of fused-ring (bicyclic) bond motifs is 3. The molecule has 3 aromatic rings. The van der Waals surface area contributed by atoms with Crippen LogP contribution >= 0.6 is 0 Å². The highest BCUT2D eigenvalue weighted by Crippen LogP contribution is 2.38. The van der Waals surface area contributed by atoms with E-state index in [0.29, 0.717) is 12.8 Å². The molecule has 0 amide bonds. The number of hydrogen-bond donors (Lipinski definition) is 2. The Labute approximate surface area is 203 Å². The topological polar surface area (TPSA) is 85.3 Å². The van der Waals surface area contributed by atoms with Gasteiger partial charge in [-0.25, -0.2) is 0 Å². The van der Waals surface area contributed by atoms with Gasteiger partial charge < -0.3 is 20.3 Å². The first-order valence-electron chi connectivity index (χ1n) is 12.7. The number of furan rings is 1. The Morgan fingerprint density at radius 1 is 1.03 bits per heavy atom. The minimum Gasteiger partial charge on any atom is -0.464 e. The summed E-state index contributed by atoms with van der Waals surface area (Å²) in [6, 6.07) is 10.4. The van der Waals surface area contributed by atoms with Gasteiger partial charge >= 0.3 is 0 Å². The minimum absolute atomic E-state index is 0.0856. The third kappa shape index (κ3) is 6.26. The van der Waals surface area contributed by atoms with Crippen LogP contribution in [0.5, 0.6) is 0 Å². The summed E-state index contributed by atoms with van der Waals surface area (Å²) in [5.74, 6) is 0.0958. The van der Waals surface area contributed by atoms with Crippen LogP contribution in [0.15, 0.2) is 41.0 Å². The molecule has 34 heavy (non-hydrogen) atoms. The molecule has 0 aliphatic carbocycles. The number of rotatable bonds is 14. The molecule has 2 atom stereocenters. The van der Waals surface area contributed by atoms with Crippen LogP contribution in [0.25, 0.3) is 21.7 Å². The molecule has 3 N–H and O–H groups in total. The van der Waals surface area contributed by atoms with Gasteiger partial charge in [-0.1, -0.05) is 45.7 Å². The molecule has 1 aromatic heterocycles. The van der Waals surface area contributed by atoms with E-state index in [1.165, 1.54) is 12.8 Å². The molecule has 0 aliphatic heterocycles. The first kappa shape index (κ1) is 26.0.